The molecular formula is C56H36S3. The monoisotopic (exact) mass is 804 g/mol. The molecule has 11 rings (SSSR count). The van der Waals surface area contributed by atoms with E-state index < -0.39 is 5.41 Å². The van der Waals surface area contributed by atoms with Gasteiger partial charge in [0.15, 0.2) is 0 Å². The van der Waals surface area contributed by atoms with Crippen LogP contribution in [0.15, 0.2) is 212 Å². The van der Waals surface area contributed by atoms with Gasteiger partial charge in [0.05, 0.1) is 11.3 Å². The molecule has 0 N–H and O–H groups in total. The maximum atomic E-state index is 3.45. The Morgan fingerprint density at radius 3 is 1.07 bits per heavy atom. The number of allylic oxidation sites excluding steroid dienone is 4. The fourth-order valence-corrected chi connectivity index (χ4v) is 11.7. The van der Waals surface area contributed by atoms with Crippen molar-refractivity contribution in [2.75, 3.05) is 0 Å². The van der Waals surface area contributed by atoms with Gasteiger partial charge in [-0.1, -0.05) is 176 Å². The second-order valence-electron chi connectivity index (χ2n) is 15.1. The van der Waals surface area contributed by atoms with E-state index in [2.05, 4.69) is 224 Å². The van der Waals surface area contributed by atoms with Crippen LogP contribution in [0.3, 0.4) is 0 Å². The van der Waals surface area contributed by atoms with Gasteiger partial charge in [0.1, 0.15) is 0 Å². The molecule has 7 aromatic carbocycles. The minimum absolute atomic E-state index is 0.159. The quantitative estimate of drug-likeness (QED) is 0.111. The van der Waals surface area contributed by atoms with E-state index in [9.17, 15) is 0 Å². The fraction of sp³-hybridized carbons (Fsp3) is 0.0357. The highest BCUT2D eigenvalue weighted by Gasteiger charge is 2.38. The van der Waals surface area contributed by atoms with Crippen LogP contribution < -0.4 is 0 Å². The summed E-state index contributed by atoms with van der Waals surface area (Å²) in [4.78, 5) is 3.83. The average Bonchev–Trinajstić information content (AvgIpc) is 4.13. The van der Waals surface area contributed by atoms with Crippen molar-refractivity contribution in [3.05, 3.63) is 240 Å². The molecule has 0 atom stereocenters. The second-order valence-corrected chi connectivity index (χ2v) is 18.3. The van der Waals surface area contributed by atoms with Gasteiger partial charge in [-0.25, -0.2) is 0 Å². The highest BCUT2D eigenvalue weighted by Crippen LogP contribution is 2.48. The van der Waals surface area contributed by atoms with Crippen LogP contribution in [0.1, 0.15) is 27.8 Å². The molecule has 1 aliphatic rings. The molecule has 0 saturated carbocycles. The molecule has 0 amide bonds. The summed E-state index contributed by atoms with van der Waals surface area (Å²) in [5.41, 5.74) is 8.90. The summed E-state index contributed by atoms with van der Waals surface area (Å²) in [6, 6.07) is 69.9. The molecule has 10 aromatic rings. The van der Waals surface area contributed by atoms with Gasteiger partial charge >= 0.3 is 0 Å². The Balaban J connectivity index is 1.09. The molecule has 0 fully saturated rings. The van der Waals surface area contributed by atoms with Gasteiger partial charge in [0, 0.05) is 34.3 Å². The lowest BCUT2D eigenvalue weighted by molar-refractivity contribution is 0.745. The minimum Gasteiger partial charge on any atom is -0.135 e. The average molecular weight is 805 g/mol. The standard InChI is InChI=1S/C56H36S3/c1-2-10-38(9-1)17-18-39-19-27-46(28-20-39)56(47-29-21-40(22-30-47)53-35-43-11-3-6-14-50(43)57-53,48-31-23-41(24-32-48)54-36-44-12-4-7-15-51(44)58-54)49-33-25-42(26-34-49)55-37-45-13-5-8-16-52(45)59-55/h1-16,19-38H. The van der Waals surface area contributed by atoms with Gasteiger partial charge in [-0.15, -0.1) is 34.0 Å². The lowest BCUT2D eigenvalue weighted by Gasteiger charge is -2.37. The summed E-state index contributed by atoms with van der Waals surface area (Å²) in [6.45, 7) is 0. The van der Waals surface area contributed by atoms with E-state index in [-0.39, 0.29) is 5.92 Å². The van der Waals surface area contributed by atoms with E-state index in [4.69, 9.17) is 0 Å². The Bertz CT molecular complexity index is 2850. The first-order chi connectivity index (χ1) is 29.2. The van der Waals surface area contributed by atoms with Crippen LogP contribution in [0.25, 0.3) is 61.6 Å². The van der Waals surface area contributed by atoms with Crippen molar-refractivity contribution in [1.82, 2.24) is 0 Å². The first-order valence-electron chi connectivity index (χ1n) is 19.9. The van der Waals surface area contributed by atoms with E-state index in [1.165, 1.54) is 83.8 Å². The summed E-state index contributed by atoms with van der Waals surface area (Å²) in [5, 5.41) is 3.85. The fourth-order valence-electron chi connectivity index (χ4n) is 8.52. The van der Waals surface area contributed by atoms with Crippen molar-refractivity contribution in [1.29, 1.82) is 0 Å². The Hall–Kier alpha value is -6.54. The first kappa shape index (κ1) is 35.6. The van der Waals surface area contributed by atoms with E-state index in [0.29, 0.717) is 0 Å². The molecule has 0 bridgehead atoms. The maximum absolute atomic E-state index is 3.45. The van der Waals surface area contributed by atoms with Gasteiger partial charge in [-0.05, 0) is 104 Å². The van der Waals surface area contributed by atoms with Crippen molar-refractivity contribution in [2.24, 2.45) is 5.92 Å². The van der Waals surface area contributed by atoms with E-state index in [1.54, 1.807) is 0 Å². The molecule has 0 radical (unpaired) electrons. The largest absolute Gasteiger partial charge is 0.135 e. The highest BCUT2D eigenvalue weighted by molar-refractivity contribution is 7.23. The molecule has 1 aliphatic carbocycles. The zero-order valence-corrected chi connectivity index (χ0v) is 34.5. The van der Waals surface area contributed by atoms with E-state index in [1.807, 2.05) is 34.0 Å². The van der Waals surface area contributed by atoms with Crippen molar-refractivity contribution in [3.63, 3.8) is 0 Å². The predicted octanol–water partition coefficient (Wildman–Crippen LogP) is 15.8. The molecule has 0 aliphatic heterocycles. The minimum atomic E-state index is -0.626. The molecule has 3 heterocycles. The maximum Gasteiger partial charge on any atom is 0.0701 e. The Labute approximate surface area is 356 Å². The Kier molecular flexibility index (Phi) is 9.05. The molecule has 3 heteroatoms. The second kappa shape index (κ2) is 15.0. The lowest BCUT2D eigenvalue weighted by atomic mass is 9.64. The van der Waals surface area contributed by atoms with Gasteiger partial charge in [-0.2, -0.15) is 0 Å². The van der Waals surface area contributed by atoms with Crippen LogP contribution in [0.5, 0.6) is 0 Å². The van der Waals surface area contributed by atoms with Crippen LogP contribution >= 0.6 is 34.0 Å². The van der Waals surface area contributed by atoms with Crippen molar-refractivity contribution < 1.29 is 0 Å². The zero-order chi connectivity index (χ0) is 39.2. The van der Waals surface area contributed by atoms with Gasteiger partial charge < -0.3 is 0 Å². The van der Waals surface area contributed by atoms with Crippen molar-refractivity contribution >= 4 is 64.3 Å². The summed E-state index contributed by atoms with van der Waals surface area (Å²) in [7, 11) is 0. The van der Waals surface area contributed by atoms with E-state index in [0.717, 1.165) is 5.56 Å². The zero-order valence-electron chi connectivity index (χ0n) is 32.0. The van der Waals surface area contributed by atoms with Crippen LogP contribution in [0.2, 0.25) is 0 Å². The highest BCUT2D eigenvalue weighted by atomic mass is 32.1. The Morgan fingerprint density at radius 1 is 0.373 bits per heavy atom. The van der Waals surface area contributed by atoms with Crippen molar-refractivity contribution in [3.8, 4) is 43.2 Å². The topological polar surface area (TPSA) is 0 Å². The van der Waals surface area contributed by atoms with Crippen molar-refractivity contribution in [2.45, 2.75) is 5.41 Å². The summed E-state index contributed by atoms with van der Waals surface area (Å²) in [6.07, 6.45) is 8.42. The molecule has 0 saturated heterocycles. The summed E-state index contributed by atoms with van der Waals surface area (Å²) in [5.74, 6) is 7.03. The van der Waals surface area contributed by atoms with Crippen LogP contribution in [0, 0.1) is 17.8 Å². The number of rotatable bonds is 7. The van der Waals surface area contributed by atoms with E-state index >= 15 is 0 Å². The van der Waals surface area contributed by atoms with Gasteiger partial charge in [0.2, 0.25) is 0 Å². The number of hydrogen-bond donors (Lipinski definition) is 0. The number of thiophene rings is 3. The lowest BCUT2D eigenvalue weighted by Crippen LogP contribution is -2.31. The van der Waals surface area contributed by atoms with Crippen LogP contribution in [0.4, 0.5) is 0 Å². The molecule has 278 valence electrons. The van der Waals surface area contributed by atoms with Gasteiger partial charge in [0.25, 0.3) is 0 Å². The SMILES string of the molecule is C(#CC1C=CC=C1)c1ccc(C(c2ccc(-c3cc4ccccc4s3)cc2)(c2ccc(-c3cc4ccccc4s3)cc2)c2ccc(-c3cc4ccccc4s3)cc2)cc1. The number of hydrogen-bond acceptors (Lipinski definition) is 3. The molecule has 3 aromatic heterocycles. The molecular weight excluding hydrogens is 769 g/mol. The smallest absolute Gasteiger partial charge is 0.0701 e. The third-order valence-electron chi connectivity index (χ3n) is 11.5. The third-order valence-corrected chi connectivity index (χ3v) is 15.0. The van der Waals surface area contributed by atoms with Crippen LogP contribution in [-0.4, -0.2) is 0 Å². The van der Waals surface area contributed by atoms with Crippen LogP contribution in [-0.2, 0) is 5.41 Å². The third kappa shape index (κ3) is 6.57. The number of fused-ring (bicyclic) bond motifs is 3. The molecule has 59 heavy (non-hydrogen) atoms. The molecule has 0 nitrogen and oxygen atoms in total. The molecule has 0 spiro atoms. The molecule has 0 unspecified atom stereocenters. The normalized spacial score (nSPS) is 12.7. The predicted molar refractivity (Wildman–Crippen MR) is 256 cm³/mol. The summed E-state index contributed by atoms with van der Waals surface area (Å²) < 4.78 is 3.92. The van der Waals surface area contributed by atoms with Gasteiger partial charge in [-0.3, -0.25) is 0 Å². The summed E-state index contributed by atoms with van der Waals surface area (Å²) >= 11 is 5.55. The Morgan fingerprint density at radius 2 is 0.712 bits per heavy atom. The number of benzene rings is 7. The first-order valence-corrected chi connectivity index (χ1v) is 22.4.